The van der Waals surface area contributed by atoms with Crippen LogP contribution in [0.4, 0.5) is 0 Å². The number of piperidine rings is 1. The summed E-state index contributed by atoms with van der Waals surface area (Å²) in [5, 5.41) is 3.50. The fourth-order valence-corrected chi connectivity index (χ4v) is 2.14. The molecule has 2 heterocycles. The molecule has 1 aromatic heterocycles. The first kappa shape index (κ1) is 12.0. The van der Waals surface area contributed by atoms with Gasteiger partial charge in [0.15, 0.2) is 0 Å². The van der Waals surface area contributed by atoms with Crippen molar-refractivity contribution in [2.75, 3.05) is 6.54 Å². The van der Waals surface area contributed by atoms with Gasteiger partial charge in [-0.3, -0.25) is 4.98 Å². The zero-order valence-corrected chi connectivity index (χ0v) is 10.3. The highest BCUT2D eigenvalue weighted by molar-refractivity contribution is 9.10. The van der Waals surface area contributed by atoms with E-state index >= 15 is 0 Å². The van der Waals surface area contributed by atoms with Crippen molar-refractivity contribution in [2.24, 2.45) is 0 Å². The van der Waals surface area contributed by atoms with Gasteiger partial charge in [-0.1, -0.05) is 6.42 Å². The maximum atomic E-state index is 4.17. The molecule has 78 valence electrons. The highest BCUT2D eigenvalue weighted by Crippen LogP contribution is 2.23. The number of hydrogen-bond acceptors (Lipinski definition) is 2. The molecule has 0 aromatic carbocycles. The summed E-state index contributed by atoms with van der Waals surface area (Å²) in [5.41, 5.74) is 1.30. The third kappa shape index (κ3) is 2.94. The van der Waals surface area contributed by atoms with E-state index in [1.54, 1.807) is 0 Å². The van der Waals surface area contributed by atoms with Crippen LogP contribution in [0.5, 0.6) is 0 Å². The molecule has 1 aromatic rings. The first-order chi connectivity index (χ1) is 6.36. The smallest absolute Gasteiger partial charge is 0.0410 e. The summed E-state index contributed by atoms with van der Waals surface area (Å²) in [5.74, 6) is 0. The maximum Gasteiger partial charge on any atom is 0.0410 e. The van der Waals surface area contributed by atoms with Gasteiger partial charge >= 0.3 is 0 Å². The predicted molar refractivity (Wildman–Crippen MR) is 63.8 cm³/mol. The van der Waals surface area contributed by atoms with Crippen molar-refractivity contribution >= 4 is 28.3 Å². The monoisotopic (exact) mass is 276 g/mol. The molecule has 4 heteroatoms. The number of halogens is 2. The highest BCUT2D eigenvalue weighted by atomic mass is 79.9. The molecule has 2 nitrogen and oxygen atoms in total. The Hall–Kier alpha value is -0.120. The van der Waals surface area contributed by atoms with Crippen molar-refractivity contribution in [1.82, 2.24) is 10.3 Å². The number of hydrogen-bond donors (Lipinski definition) is 1. The lowest BCUT2D eigenvalue weighted by Crippen LogP contribution is -2.26. The Labute approximate surface area is 99.0 Å². The fourth-order valence-electron chi connectivity index (χ4n) is 1.76. The fraction of sp³-hybridized carbons (Fsp3) is 0.500. The van der Waals surface area contributed by atoms with Crippen molar-refractivity contribution in [3.05, 3.63) is 28.5 Å². The Morgan fingerprint density at radius 2 is 2.21 bits per heavy atom. The lowest BCUT2D eigenvalue weighted by molar-refractivity contribution is 0.411. The largest absolute Gasteiger partial charge is 0.310 e. The number of nitrogens with zero attached hydrogens (tertiary/aromatic N) is 1. The van der Waals surface area contributed by atoms with Gasteiger partial charge in [0, 0.05) is 22.9 Å². The number of nitrogens with one attached hydrogen (secondary N) is 1. The molecule has 0 saturated carbocycles. The first-order valence-electron chi connectivity index (χ1n) is 4.70. The summed E-state index contributed by atoms with van der Waals surface area (Å²) in [6, 6.07) is 2.66. The Morgan fingerprint density at radius 1 is 1.36 bits per heavy atom. The molecule has 1 N–H and O–H groups in total. The van der Waals surface area contributed by atoms with E-state index in [1.807, 2.05) is 12.4 Å². The highest BCUT2D eigenvalue weighted by Gasteiger charge is 2.14. The molecular weight excluding hydrogens is 263 g/mol. The van der Waals surface area contributed by atoms with Crippen LogP contribution >= 0.6 is 28.3 Å². The molecule has 0 aliphatic carbocycles. The zero-order valence-electron chi connectivity index (χ0n) is 7.87. The van der Waals surface area contributed by atoms with Gasteiger partial charge < -0.3 is 5.32 Å². The molecule has 0 bridgehead atoms. The van der Waals surface area contributed by atoms with E-state index in [2.05, 4.69) is 32.3 Å². The van der Waals surface area contributed by atoms with E-state index in [9.17, 15) is 0 Å². The summed E-state index contributed by atoms with van der Waals surface area (Å²) in [7, 11) is 0. The second kappa shape index (κ2) is 5.69. The maximum absolute atomic E-state index is 4.17. The van der Waals surface area contributed by atoms with Gasteiger partial charge in [0.25, 0.3) is 0 Å². The average molecular weight is 278 g/mol. The quantitative estimate of drug-likeness (QED) is 0.853. The molecule has 1 aliphatic heterocycles. The topological polar surface area (TPSA) is 24.9 Å². The lowest BCUT2D eigenvalue weighted by Gasteiger charge is -2.23. The van der Waals surface area contributed by atoms with Gasteiger partial charge in [0.2, 0.25) is 0 Å². The minimum Gasteiger partial charge on any atom is -0.310 e. The van der Waals surface area contributed by atoms with Gasteiger partial charge in [-0.25, -0.2) is 0 Å². The van der Waals surface area contributed by atoms with Gasteiger partial charge in [0.1, 0.15) is 0 Å². The third-order valence-electron chi connectivity index (χ3n) is 2.44. The van der Waals surface area contributed by atoms with Crippen molar-refractivity contribution in [2.45, 2.75) is 25.3 Å². The van der Waals surface area contributed by atoms with Gasteiger partial charge in [-0.15, -0.1) is 12.4 Å². The predicted octanol–water partition coefficient (Wildman–Crippen LogP) is 3.08. The minimum absolute atomic E-state index is 0. The number of pyridine rings is 1. The van der Waals surface area contributed by atoms with E-state index < -0.39 is 0 Å². The zero-order chi connectivity index (χ0) is 9.10. The molecule has 1 saturated heterocycles. The van der Waals surface area contributed by atoms with E-state index in [0.717, 1.165) is 11.0 Å². The molecular formula is C10H14BrClN2. The SMILES string of the molecule is Brc1cncc([C@H]2CCCCN2)c1.Cl. The first-order valence-corrected chi connectivity index (χ1v) is 5.49. The lowest BCUT2D eigenvalue weighted by atomic mass is 9.99. The van der Waals surface area contributed by atoms with Crippen LogP contribution in [0.2, 0.25) is 0 Å². The van der Waals surface area contributed by atoms with E-state index in [-0.39, 0.29) is 12.4 Å². The molecule has 0 radical (unpaired) electrons. The van der Waals surface area contributed by atoms with Gasteiger partial charge in [0.05, 0.1) is 0 Å². The second-order valence-electron chi connectivity index (χ2n) is 3.44. The van der Waals surface area contributed by atoms with E-state index in [0.29, 0.717) is 6.04 Å². The van der Waals surface area contributed by atoms with Crippen LogP contribution in [-0.4, -0.2) is 11.5 Å². The molecule has 14 heavy (non-hydrogen) atoms. The van der Waals surface area contributed by atoms with Gasteiger partial charge in [-0.05, 0) is 46.9 Å². The second-order valence-corrected chi connectivity index (χ2v) is 4.35. The molecule has 0 amide bonds. The van der Waals surface area contributed by atoms with Gasteiger partial charge in [-0.2, -0.15) is 0 Å². The Morgan fingerprint density at radius 3 is 2.86 bits per heavy atom. The Bertz CT molecular complexity index is 287. The molecule has 1 atom stereocenters. The van der Waals surface area contributed by atoms with Crippen molar-refractivity contribution in [1.29, 1.82) is 0 Å². The van der Waals surface area contributed by atoms with Crippen LogP contribution in [0.25, 0.3) is 0 Å². The van der Waals surface area contributed by atoms with E-state index in [1.165, 1.54) is 24.8 Å². The van der Waals surface area contributed by atoms with Crippen LogP contribution < -0.4 is 5.32 Å². The van der Waals surface area contributed by atoms with Crippen LogP contribution in [0, 0.1) is 0 Å². The molecule has 1 fully saturated rings. The number of rotatable bonds is 1. The van der Waals surface area contributed by atoms with Crippen LogP contribution in [-0.2, 0) is 0 Å². The van der Waals surface area contributed by atoms with Crippen LogP contribution in [0.3, 0.4) is 0 Å². The van der Waals surface area contributed by atoms with Crippen LogP contribution in [0.15, 0.2) is 22.9 Å². The average Bonchev–Trinajstić information content (AvgIpc) is 2.19. The summed E-state index contributed by atoms with van der Waals surface area (Å²) in [6.45, 7) is 1.14. The summed E-state index contributed by atoms with van der Waals surface area (Å²) in [4.78, 5) is 4.17. The minimum atomic E-state index is 0. The Balaban J connectivity index is 0.000000980. The van der Waals surface area contributed by atoms with Crippen LogP contribution in [0.1, 0.15) is 30.9 Å². The molecule has 0 spiro atoms. The van der Waals surface area contributed by atoms with Crippen molar-refractivity contribution < 1.29 is 0 Å². The normalized spacial score (nSPS) is 21.4. The molecule has 2 rings (SSSR count). The molecule has 0 unspecified atom stereocenters. The van der Waals surface area contributed by atoms with Crippen molar-refractivity contribution in [3.63, 3.8) is 0 Å². The Kier molecular flexibility index (Phi) is 4.85. The summed E-state index contributed by atoms with van der Waals surface area (Å²) >= 11 is 3.44. The van der Waals surface area contributed by atoms with E-state index in [4.69, 9.17) is 0 Å². The third-order valence-corrected chi connectivity index (χ3v) is 2.87. The molecule has 1 aliphatic rings. The standard InChI is InChI=1S/C10H13BrN2.ClH/c11-9-5-8(6-12-7-9)10-3-1-2-4-13-10;/h5-7,10,13H,1-4H2;1H/t10-;/m1./s1. The van der Waals surface area contributed by atoms with Crippen molar-refractivity contribution in [3.8, 4) is 0 Å². The summed E-state index contributed by atoms with van der Waals surface area (Å²) in [6.07, 6.45) is 7.64. The number of aromatic nitrogens is 1. The summed E-state index contributed by atoms with van der Waals surface area (Å²) < 4.78 is 1.07.